The largest absolute Gasteiger partial charge is 0.465 e. The summed E-state index contributed by atoms with van der Waals surface area (Å²) in [5.74, 6) is -7.58. The van der Waals surface area contributed by atoms with Crippen molar-refractivity contribution < 1.29 is 67.2 Å². The van der Waals surface area contributed by atoms with E-state index in [1.807, 2.05) is 106 Å². The van der Waals surface area contributed by atoms with E-state index in [9.17, 15) is 43.5 Å². The van der Waals surface area contributed by atoms with Gasteiger partial charge in [-0.15, -0.1) is 0 Å². The highest BCUT2D eigenvalue weighted by Gasteiger charge is 2.44. The number of nitrogens with zero attached hydrogens (tertiary/aromatic N) is 6. The van der Waals surface area contributed by atoms with Crippen LogP contribution in [0.15, 0.2) is 78.9 Å². The molecule has 0 spiro atoms. The highest BCUT2D eigenvalue weighted by atomic mass is 16.6. The number of carbonyl (C=O) groups excluding carboxylic acids is 8. The predicted octanol–water partition coefficient (Wildman–Crippen LogP) is 8.58. The number of para-hydroxylation sites is 2. The number of esters is 4. The fraction of sp³-hybridized carbons (Fsp3) is 0.591. The Morgan fingerprint density at radius 3 is 1.16 bits per heavy atom. The zero-order valence-corrected chi connectivity index (χ0v) is 53.6. The maximum Gasteiger partial charge on any atom is 0.412 e. The Morgan fingerprint density at radius 1 is 0.477 bits per heavy atom. The van der Waals surface area contributed by atoms with Crippen LogP contribution in [0, 0.1) is 29.1 Å². The maximum atomic E-state index is 15.2. The van der Waals surface area contributed by atoms with Gasteiger partial charge in [-0.3, -0.25) is 24.1 Å². The smallest absolute Gasteiger partial charge is 0.412 e. The summed E-state index contributed by atoms with van der Waals surface area (Å²) >= 11 is 0. The fourth-order valence-electron chi connectivity index (χ4n) is 11.1. The van der Waals surface area contributed by atoms with Gasteiger partial charge in [0, 0.05) is 54.1 Å². The number of hydrogen-bond donors (Lipinski definition) is 1. The summed E-state index contributed by atoms with van der Waals surface area (Å²) in [5.41, 5.74) is 2.98. The Labute approximate surface area is 508 Å². The van der Waals surface area contributed by atoms with E-state index in [0.29, 0.717) is 29.9 Å². The van der Waals surface area contributed by atoms with Crippen LogP contribution in [0.2, 0.25) is 0 Å². The van der Waals surface area contributed by atoms with Crippen LogP contribution >= 0.6 is 0 Å². The van der Waals surface area contributed by atoms with Crippen LogP contribution in [-0.2, 0) is 76.7 Å². The summed E-state index contributed by atoms with van der Waals surface area (Å²) in [5, 5.41) is 10.4. The zero-order chi connectivity index (χ0) is 64.2. The highest BCUT2D eigenvalue weighted by molar-refractivity contribution is 5.95. The summed E-state index contributed by atoms with van der Waals surface area (Å²) in [6.45, 7) is 24.3. The van der Waals surface area contributed by atoms with E-state index in [4.69, 9.17) is 18.9 Å². The molecule has 472 valence electrons. The second-order valence-electron chi connectivity index (χ2n) is 26.0. The Morgan fingerprint density at radius 2 is 0.802 bits per heavy atom. The van der Waals surface area contributed by atoms with Crippen LogP contribution in [0.5, 0.6) is 0 Å². The number of ether oxygens (including phenoxy) is 4. The standard InChI is InChI=1S/C66H94N6O14/c1-39(2)31-50-61(77)83-44(10)58(74)68(15)53(34-42(7)8)64(80)86-55(36-46-27-29-47(30-28-46)37-71-38-56(66(11,12)13)72(65(81)82)49-26-22-21-25-48(49)71)60(76)70(17)51(32-40(3)4)62(78)84-43(9)57(73)67(14)52(33-41(5)6)63(79)85-54(59(75)69(50)16)35-45-23-19-18-20-24-45/h18-30,39-44,50-56H,31-38H2,1-17H3,(H,81,82)/t43-,44-,50+,51+,52+,53+,54-,55-,56?/m1/s1. The van der Waals surface area contributed by atoms with Gasteiger partial charge in [0.15, 0.2) is 24.4 Å². The topological polar surface area (TPSA) is 230 Å². The van der Waals surface area contributed by atoms with Crippen molar-refractivity contribution >= 4 is 65.0 Å². The van der Waals surface area contributed by atoms with Gasteiger partial charge < -0.3 is 48.6 Å². The monoisotopic (exact) mass is 1190 g/mol. The summed E-state index contributed by atoms with van der Waals surface area (Å²) < 4.78 is 24.2. The normalized spacial score (nSPS) is 24.3. The Kier molecular flexibility index (Phi) is 24.3. The lowest BCUT2D eigenvalue weighted by molar-refractivity contribution is -0.176. The van der Waals surface area contributed by atoms with Crippen molar-refractivity contribution in [1.82, 2.24) is 19.6 Å². The van der Waals surface area contributed by atoms with Gasteiger partial charge in [-0.05, 0) is 97.4 Å². The van der Waals surface area contributed by atoms with Gasteiger partial charge in [0.05, 0.1) is 17.4 Å². The van der Waals surface area contributed by atoms with E-state index in [1.54, 1.807) is 48.5 Å². The number of carbonyl (C=O) groups is 9. The van der Waals surface area contributed by atoms with Crippen molar-refractivity contribution in [3.05, 3.63) is 95.6 Å². The fourth-order valence-corrected chi connectivity index (χ4v) is 11.1. The molecule has 3 aromatic rings. The van der Waals surface area contributed by atoms with Crippen LogP contribution in [0.25, 0.3) is 0 Å². The van der Waals surface area contributed by atoms with Crippen LogP contribution in [0.3, 0.4) is 0 Å². The van der Waals surface area contributed by atoms with E-state index >= 15 is 4.79 Å². The van der Waals surface area contributed by atoms with Gasteiger partial charge in [0.25, 0.3) is 23.6 Å². The Balaban J connectivity index is 1.59. The number of cyclic esters (lactones) is 4. The van der Waals surface area contributed by atoms with E-state index in [1.165, 1.54) is 46.9 Å². The number of carboxylic acid groups (broad SMARTS) is 1. The molecule has 2 aliphatic heterocycles. The van der Waals surface area contributed by atoms with E-state index in [-0.39, 0.29) is 68.2 Å². The number of fused-ring (bicyclic) bond motifs is 1. The molecule has 1 unspecified atom stereocenters. The Hall–Kier alpha value is -7.51. The molecule has 2 heterocycles. The van der Waals surface area contributed by atoms with Crippen molar-refractivity contribution in [2.24, 2.45) is 29.1 Å². The quantitative estimate of drug-likeness (QED) is 0.118. The van der Waals surface area contributed by atoms with E-state index in [2.05, 4.69) is 4.90 Å². The number of anilines is 2. The minimum atomic E-state index is -1.59. The van der Waals surface area contributed by atoms with Crippen LogP contribution in [0.4, 0.5) is 16.2 Å². The molecule has 0 aliphatic carbocycles. The lowest BCUT2D eigenvalue weighted by Crippen LogP contribution is -2.56. The molecule has 3 aromatic carbocycles. The van der Waals surface area contributed by atoms with E-state index < -0.39 is 108 Å². The van der Waals surface area contributed by atoms with Gasteiger partial charge in [0.2, 0.25) is 0 Å². The average Bonchev–Trinajstić information content (AvgIpc) is 1.41. The van der Waals surface area contributed by atoms with Crippen molar-refractivity contribution in [3.8, 4) is 0 Å². The molecule has 5 amide bonds. The molecule has 86 heavy (non-hydrogen) atoms. The lowest BCUT2D eigenvalue weighted by atomic mass is 9.83. The SMILES string of the molecule is CC(C)C[C@H]1C(=O)O[C@H](Cc2ccc(CN3CC(C(C)(C)C)N(C(=O)O)c4ccccc43)cc2)C(=O)N(C)[C@@H](CC(C)C)C(=O)O[C@H](C)C(=O)N(C)[C@@H](CC(C)C)C(=O)O[C@H](Cc2ccccc2)C(=O)N(C)[C@@H](CC(C)C)C(=O)O[C@H](C)C(=O)N1C. The maximum absolute atomic E-state index is 15.2. The van der Waals surface area contributed by atoms with Gasteiger partial charge in [-0.25, -0.2) is 24.0 Å². The number of benzene rings is 3. The molecule has 0 radical (unpaired) electrons. The first-order valence-corrected chi connectivity index (χ1v) is 30.1. The third-order valence-electron chi connectivity index (χ3n) is 16.0. The molecule has 20 heteroatoms. The van der Waals surface area contributed by atoms with Crippen molar-refractivity contribution in [2.45, 2.75) is 190 Å². The molecule has 20 nitrogen and oxygen atoms in total. The van der Waals surface area contributed by atoms with Gasteiger partial charge in [0.1, 0.15) is 24.2 Å². The van der Waals surface area contributed by atoms with Gasteiger partial charge >= 0.3 is 30.0 Å². The molecule has 0 saturated carbocycles. The molecule has 2 aliphatic rings. The Bertz CT molecular complexity index is 2840. The summed E-state index contributed by atoms with van der Waals surface area (Å²) in [7, 11) is 5.53. The molecular weight excluding hydrogens is 1100 g/mol. The summed E-state index contributed by atoms with van der Waals surface area (Å²) in [4.78, 5) is 138. The zero-order valence-electron chi connectivity index (χ0n) is 53.6. The van der Waals surface area contributed by atoms with Crippen molar-refractivity contribution in [3.63, 3.8) is 0 Å². The van der Waals surface area contributed by atoms with Gasteiger partial charge in [-0.2, -0.15) is 0 Å². The third kappa shape index (κ3) is 18.0. The molecule has 0 aromatic heterocycles. The van der Waals surface area contributed by atoms with Gasteiger partial charge in [-0.1, -0.05) is 143 Å². The molecule has 5 rings (SSSR count). The first-order valence-electron chi connectivity index (χ1n) is 30.1. The number of hydrogen-bond acceptors (Lipinski definition) is 14. The van der Waals surface area contributed by atoms with Crippen LogP contribution in [0.1, 0.15) is 132 Å². The lowest BCUT2D eigenvalue weighted by Gasteiger charge is -2.47. The van der Waals surface area contributed by atoms with Crippen LogP contribution in [-0.4, -0.2) is 168 Å². The average molecular weight is 1200 g/mol. The first kappa shape index (κ1) is 69.3. The molecular formula is C66H94N6O14. The van der Waals surface area contributed by atoms with Crippen molar-refractivity contribution in [1.29, 1.82) is 0 Å². The molecule has 1 fully saturated rings. The molecule has 9 atom stereocenters. The summed E-state index contributed by atoms with van der Waals surface area (Å²) in [6.07, 6.45) is -7.14. The first-order chi connectivity index (χ1) is 40.2. The summed E-state index contributed by atoms with van der Waals surface area (Å²) in [6, 6.07) is 18.0. The second kappa shape index (κ2) is 30.2. The van der Waals surface area contributed by atoms with Crippen molar-refractivity contribution in [2.75, 3.05) is 44.5 Å². The molecule has 1 saturated heterocycles. The minimum Gasteiger partial charge on any atom is -0.465 e. The number of amides is 5. The number of rotatable bonds is 14. The highest BCUT2D eigenvalue weighted by Crippen LogP contribution is 2.41. The van der Waals surface area contributed by atoms with Crippen LogP contribution < -0.4 is 9.80 Å². The molecule has 1 N–H and O–H groups in total. The number of likely N-dealkylation sites (N-methyl/N-ethyl adjacent to an activating group) is 4. The molecule has 0 bridgehead atoms. The minimum absolute atomic E-state index is 0.0581. The predicted molar refractivity (Wildman–Crippen MR) is 326 cm³/mol. The third-order valence-corrected chi connectivity index (χ3v) is 16.0. The second-order valence-corrected chi connectivity index (χ2v) is 26.0. The van der Waals surface area contributed by atoms with E-state index in [0.717, 1.165) is 30.9 Å².